The van der Waals surface area contributed by atoms with E-state index in [4.69, 9.17) is 15.0 Å². The first-order chi connectivity index (χ1) is 24.8. The molecule has 3 aromatic heterocycles. The Kier molecular flexibility index (Phi) is 5.60. The van der Waals surface area contributed by atoms with Gasteiger partial charge in [0.05, 0.1) is 27.8 Å². The lowest BCUT2D eigenvalue weighted by Gasteiger charge is -2.14. The number of hydrogen-bond donors (Lipinski definition) is 0. The summed E-state index contributed by atoms with van der Waals surface area (Å²) >= 11 is 0. The average molecular weight is 638 g/mol. The van der Waals surface area contributed by atoms with Crippen molar-refractivity contribution in [3.05, 3.63) is 163 Å². The monoisotopic (exact) mass is 637 g/mol. The van der Waals surface area contributed by atoms with Gasteiger partial charge < -0.3 is 4.57 Å². The molecule has 50 heavy (non-hydrogen) atoms. The van der Waals surface area contributed by atoms with Crippen LogP contribution >= 0.6 is 0 Å². The predicted octanol–water partition coefficient (Wildman–Crippen LogP) is 11.0. The summed E-state index contributed by atoms with van der Waals surface area (Å²) in [6, 6.07) is 53.4. The number of benzene rings is 7. The van der Waals surface area contributed by atoms with Gasteiger partial charge in [-0.15, -0.1) is 0 Å². The minimum Gasteiger partial charge on any atom is -0.308 e. The van der Waals surface area contributed by atoms with Gasteiger partial charge in [-0.2, -0.15) is 9.97 Å². The summed E-state index contributed by atoms with van der Waals surface area (Å²) in [7, 11) is 0. The molecule has 232 valence electrons. The molecule has 0 atom stereocenters. The number of para-hydroxylation sites is 2. The molecule has 0 saturated heterocycles. The summed E-state index contributed by atoms with van der Waals surface area (Å²) in [5.41, 5.74) is 9.87. The lowest BCUT2D eigenvalue weighted by Crippen LogP contribution is -2.07. The van der Waals surface area contributed by atoms with Gasteiger partial charge in [0.2, 0.25) is 5.95 Å². The molecule has 0 radical (unpaired) electrons. The van der Waals surface area contributed by atoms with Gasteiger partial charge >= 0.3 is 0 Å². The van der Waals surface area contributed by atoms with Crippen molar-refractivity contribution in [2.24, 2.45) is 0 Å². The van der Waals surface area contributed by atoms with E-state index in [0.717, 1.165) is 44.2 Å². The van der Waals surface area contributed by atoms with Gasteiger partial charge in [0.1, 0.15) is 0 Å². The SMILES string of the molecule is C1=Cc2cc3ccccc3c3c4ccccc4n(c23)-c2cc3c(cc21)c1ccccc1n3-c1nc(-c2ccccc2)nc(-c2ccccc2)n1. The van der Waals surface area contributed by atoms with E-state index in [1.807, 2.05) is 36.4 Å². The molecule has 1 aliphatic rings. The number of fused-ring (bicyclic) bond motifs is 10. The van der Waals surface area contributed by atoms with Gasteiger partial charge in [0.25, 0.3) is 0 Å². The smallest absolute Gasteiger partial charge is 0.238 e. The van der Waals surface area contributed by atoms with Gasteiger partial charge in [-0.05, 0) is 52.2 Å². The molecule has 5 heteroatoms. The minimum atomic E-state index is 0.585. The van der Waals surface area contributed by atoms with Crippen LogP contribution in [-0.4, -0.2) is 24.1 Å². The summed E-state index contributed by atoms with van der Waals surface area (Å²) in [5.74, 6) is 1.86. The largest absolute Gasteiger partial charge is 0.308 e. The van der Waals surface area contributed by atoms with Crippen LogP contribution in [0.4, 0.5) is 0 Å². The molecule has 0 spiro atoms. The average Bonchev–Trinajstić information content (AvgIpc) is 3.64. The van der Waals surface area contributed by atoms with Crippen molar-refractivity contribution in [2.75, 3.05) is 0 Å². The van der Waals surface area contributed by atoms with E-state index in [1.54, 1.807) is 0 Å². The minimum absolute atomic E-state index is 0.585. The molecule has 0 fully saturated rings. The van der Waals surface area contributed by atoms with Crippen LogP contribution in [0, 0.1) is 0 Å². The summed E-state index contributed by atoms with van der Waals surface area (Å²) < 4.78 is 4.67. The summed E-state index contributed by atoms with van der Waals surface area (Å²) in [4.78, 5) is 15.3. The molecular formula is C45H27N5. The first kappa shape index (κ1) is 27.1. The molecule has 5 nitrogen and oxygen atoms in total. The van der Waals surface area contributed by atoms with Crippen molar-refractivity contribution in [1.82, 2.24) is 24.1 Å². The Morgan fingerprint density at radius 3 is 1.70 bits per heavy atom. The van der Waals surface area contributed by atoms with Crippen molar-refractivity contribution in [3.63, 3.8) is 0 Å². The molecule has 0 bridgehead atoms. The van der Waals surface area contributed by atoms with Gasteiger partial charge in [-0.1, -0.05) is 133 Å². The molecule has 10 aromatic rings. The topological polar surface area (TPSA) is 48.5 Å². The molecular weight excluding hydrogens is 611 g/mol. The molecule has 0 amide bonds. The zero-order valence-corrected chi connectivity index (χ0v) is 26.8. The maximum absolute atomic E-state index is 5.17. The van der Waals surface area contributed by atoms with Crippen LogP contribution in [0.25, 0.3) is 101 Å². The molecule has 0 aliphatic carbocycles. The van der Waals surface area contributed by atoms with E-state index in [0.29, 0.717) is 17.6 Å². The highest BCUT2D eigenvalue weighted by Crippen LogP contribution is 2.44. The van der Waals surface area contributed by atoms with Crippen LogP contribution in [-0.2, 0) is 0 Å². The van der Waals surface area contributed by atoms with Crippen LogP contribution < -0.4 is 0 Å². The zero-order valence-electron chi connectivity index (χ0n) is 26.8. The van der Waals surface area contributed by atoms with E-state index in [-0.39, 0.29) is 0 Å². The van der Waals surface area contributed by atoms with Crippen LogP contribution in [0.15, 0.2) is 152 Å². The highest BCUT2D eigenvalue weighted by Gasteiger charge is 2.24. The quantitative estimate of drug-likeness (QED) is 0.194. The van der Waals surface area contributed by atoms with Crippen LogP contribution in [0.1, 0.15) is 11.1 Å². The van der Waals surface area contributed by atoms with Crippen molar-refractivity contribution >= 4 is 66.5 Å². The fourth-order valence-corrected chi connectivity index (χ4v) is 7.89. The van der Waals surface area contributed by atoms with E-state index in [2.05, 4.69) is 137 Å². The molecule has 0 unspecified atom stereocenters. The second kappa shape index (κ2) is 10.3. The Morgan fingerprint density at radius 2 is 0.980 bits per heavy atom. The maximum atomic E-state index is 5.17. The number of aromatic nitrogens is 5. The van der Waals surface area contributed by atoms with E-state index in [9.17, 15) is 0 Å². The van der Waals surface area contributed by atoms with E-state index < -0.39 is 0 Å². The van der Waals surface area contributed by atoms with Gasteiger partial charge in [-0.3, -0.25) is 4.57 Å². The van der Waals surface area contributed by atoms with Crippen LogP contribution in [0.2, 0.25) is 0 Å². The number of rotatable bonds is 3. The molecule has 1 aliphatic heterocycles. The normalized spacial score (nSPS) is 12.3. The standard InChI is InChI=1S/C45H27N5/c1-3-13-28(14-4-1)43-46-44(29-15-5-2-6-16-29)48-45(47-43)50-37-21-11-9-19-34(37)36-26-31-23-24-32-25-30-17-7-8-18-33(30)41-35-20-10-12-22-38(35)49(42(32)41)39(31)27-40(36)50/h1-27H. The Morgan fingerprint density at radius 1 is 0.400 bits per heavy atom. The van der Waals surface area contributed by atoms with Gasteiger partial charge in [0, 0.05) is 32.7 Å². The maximum Gasteiger partial charge on any atom is 0.238 e. The van der Waals surface area contributed by atoms with Crippen molar-refractivity contribution < 1.29 is 0 Å². The Balaban J connectivity index is 1.26. The number of nitrogens with zero attached hydrogens (tertiary/aromatic N) is 5. The zero-order chi connectivity index (χ0) is 32.8. The predicted molar refractivity (Wildman–Crippen MR) is 206 cm³/mol. The first-order valence-electron chi connectivity index (χ1n) is 16.9. The highest BCUT2D eigenvalue weighted by molar-refractivity contribution is 6.24. The molecule has 0 N–H and O–H groups in total. The van der Waals surface area contributed by atoms with Gasteiger partial charge in [0.15, 0.2) is 11.6 Å². The Hall–Kier alpha value is -6.85. The highest BCUT2D eigenvalue weighted by atomic mass is 15.2. The molecule has 11 rings (SSSR count). The molecule has 0 saturated carbocycles. The van der Waals surface area contributed by atoms with Gasteiger partial charge in [-0.25, -0.2) is 4.98 Å². The van der Waals surface area contributed by atoms with Crippen LogP contribution in [0.5, 0.6) is 0 Å². The third-order valence-electron chi connectivity index (χ3n) is 10.1. The third-order valence-corrected chi connectivity index (χ3v) is 10.1. The Labute approximate surface area is 287 Å². The second-order valence-corrected chi connectivity index (χ2v) is 12.9. The first-order valence-corrected chi connectivity index (χ1v) is 16.9. The fraction of sp³-hybridized carbons (Fsp3) is 0. The summed E-state index contributed by atoms with van der Waals surface area (Å²) in [5, 5.41) is 7.34. The third kappa shape index (κ3) is 3.86. The van der Waals surface area contributed by atoms with E-state index in [1.165, 1.54) is 38.1 Å². The van der Waals surface area contributed by atoms with Crippen molar-refractivity contribution in [2.45, 2.75) is 0 Å². The molecule has 7 aromatic carbocycles. The van der Waals surface area contributed by atoms with Crippen molar-refractivity contribution in [1.29, 1.82) is 0 Å². The molecule has 4 heterocycles. The second-order valence-electron chi connectivity index (χ2n) is 12.9. The van der Waals surface area contributed by atoms with E-state index >= 15 is 0 Å². The lowest BCUT2D eigenvalue weighted by molar-refractivity contribution is 0.953. The number of hydrogen-bond acceptors (Lipinski definition) is 3. The summed E-state index contributed by atoms with van der Waals surface area (Å²) in [6.07, 6.45) is 4.56. The lowest BCUT2D eigenvalue weighted by atomic mass is 9.99. The van der Waals surface area contributed by atoms with Crippen LogP contribution in [0.3, 0.4) is 0 Å². The summed E-state index contributed by atoms with van der Waals surface area (Å²) in [6.45, 7) is 0. The fourth-order valence-electron chi connectivity index (χ4n) is 7.89. The Bertz CT molecular complexity index is 2970. The van der Waals surface area contributed by atoms with Crippen molar-refractivity contribution in [3.8, 4) is 34.4 Å².